The van der Waals surface area contributed by atoms with E-state index in [1.807, 2.05) is 0 Å². The molecule has 5 rings (SSSR count). The van der Waals surface area contributed by atoms with Crippen molar-refractivity contribution in [1.29, 1.82) is 0 Å². The third-order valence-corrected chi connectivity index (χ3v) is 5.28. The Balaban J connectivity index is 1.66. The average Bonchev–Trinajstić information content (AvgIpc) is 2.88. The molecule has 0 aromatic carbocycles. The number of likely N-dealkylation sites (N-methyl/N-ethyl adjacent to an activating group) is 1. The van der Waals surface area contributed by atoms with Gasteiger partial charge in [0.15, 0.2) is 0 Å². The van der Waals surface area contributed by atoms with Crippen molar-refractivity contribution in [2.75, 3.05) is 13.6 Å². The number of piperidine rings is 1. The van der Waals surface area contributed by atoms with Crippen LogP contribution in [0.15, 0.2) is 0 Å². The molecule has 0 amide bonds. The Morgan fingerprint density at radius 2 is 2.07 bits per heavy atom. The van der Waals surface area contributed by atoms with Crippen LogP contribution in [0.5, 0.6) is 0 Å². The number of hydrogen-bond acceptors (Lipinski definition) is 1. The van der Waals surface area contributed by atoms with E-state index in [1.165, 1.54) is 43.1 Å². The van der Waals surface area contributed by atoms with Gasteiger partial charge in [-0.05, 0) is 12.8 Å². The molecule has 1 aliphatic carbocycles. The van der Waals surface area contributed by atoms with E-state index in [9.17, 15) is 0 Å². The third kappa shape index (κ3) is 0.892. The van der Waals surface area contributed by atoms with Gasteiger partial charge in [-0.15, -0.1) is 0 Å². The van der Waals surface area contributed by atoms with E-state index in [-0.39, 0.29) is 0 Å². The summed E-state index contributed by atoms with van der Waals surface area (Å²) in [5.41, 5.74) is 0. The van der Waals surface area contributed by atoms with E-state index in [0.29, 0.717) is 12.2 Å². The van der Waals surface area contributed by atoms with Crippen molar-refractivity contribution < 1.29 is 9.22 Å². The van der Waals surface area contributed by atoms with Crippen LogP contribution in [0.25, 0.3) is 0 Å². The van der Waals surface area contributed by atoms with Crippen molar-refractivity contribution in [1.82, 2.24) is 0 Å². The van der Waals surface area contributed by atoms with Gasteiger partial charge in [0.05, 0.1) is 25.7 Å². The zero-order chi connectivity index (χ0) is 9.34. The molecule has 1 saturated carbocycles. The first-order valence-electron chi connectivity index (χ1n) is 6.26. The zero-order valence-electron chi connectivity index (χ0n) is 8.98. The molecule has 5 fully saturated rings. The molecule has 14 heavy (non-hydrogen) atoms. The molecule has 0 aromatic heterocycles. The molecular weight excluding hydrogens is 174 g/mol. The quantitative estimate of drug-likeness (QED) is 0.606. The minimum absolute atomic E-state index is 0.641. The highest BCUT2D eigenvalue weighted by molar-refractivity contribution is 4.99. The van der Waals surface area contributed by atoms with Crippen LogP contribution in [-0.2, 0) is 4.74 Å². The minimum atomic E-state index is 0.641. The molecule has 4 bridgehead atoms. The normalized spacial score (nSPS) is 59.8. The summed E-state index contributed by atoms with van der Waals surface area (Å²) >= 11 is 0. The molecule has 0 radical (unpaired) electrons. The maximum absolute atomic E-state index is 6.03. The molecule has 5 atom stereocenters. The van der Waals surface area contributed by atoms with Crippen LogP contribution in [0.3, 0.4) is 0 Å². The molecule has 4 heterocycles. The molecule has 1 unspecified atom stereocenters. The summed E-state index contributed by atoms with van der Waals surface area (Å²) in [6.07, 6.45) is 8.38. The lowest BCUT2D eigenvalue weighted by Crippen LogP contribution is -2.58. The summed E-state index contributed by atoms with van der Waals surface area (Å²) in [6.45, 7) is 1.46. The lowest BCUT2D eigenvalue weighted by molar-refractivity contribution is -0.948. The monoisotopic (exact) mass is 194 g/mol. The largest absolute Gasteiger partial charge is 0.368 e. The second-order valence-electron chi connectivity index (χ2n) is 6.20. The molecule has 4 aliphatic heterocycles. The second-order valence-corrected chi connectivity index (χ2v) is 6.20. The summed E-state index contributed by atoms with van der Waals surface area (Å²) < 4.78 is 7.41. The van der Waals surface area contributed by atoms with Crippen molar-refractivity contribution in [3.63, 3.8) is 0 Å². The number of quaternary nitrogens is 1. The van der Waals surface area contributed by atoms with Gasteiger partial charge in [0, 0.05) is 25.2 Å². The van der Waals surface area contributed by atoms with Gasteiger partial charge in [0.25, 0.3) is 0 Å². The van der Waals surface area contributed by atoms with E-state index in [4.69, 9.17) is 4.74 Å². The Bertz CT molecular complexity index is 271. The van der Waals surface area contributed by atoms with E-state index < -0.39 is 0 Å². The predicted molar refractivity (Wildman–Crippen MR) is 53.9 cm³/mol. The zero-order valence-corrected chi connectivity index (χ0v) is 8.98. The summed E-state index contributed by atoms with van der Waals surface area (Å²) in [7, 11) is 2.51. The highest BCUT2D eigenvalue weighted by Crippen LogP contribution is 2.51. The third-order valence-electron chi connectivity index (χ3n) is 5.28. The molecule has 4 saturated heterocycles. The van der Waals surface area contributed by atoms with E-state index in [1.54, 1.807) is 0 Å². The molecule has 5 aliphatic rings. The van der Waals surface area contributed by atoms with Crippen LogP contribution in [0.2, 0.25) is 0 Å². The molecule has 0 aromatic rings. The Labute approximate surface area is 85.8 Å². The Morgan fingerprint density at radius 1 is 1.21 bits per heavy atom. The summed E-state index contributed by atoms with van der Waals surface area (Å²) in [4.78, 5) is 0. The van der Waals surface area contributed by atoms with Gasteiger partial charge < -0.3 is 9.22 Å². The Hall–Kier alpha value is -0.0800. The topological polar surface area (TPSA) is 9.23 Å². The smallest absolute Gasteiger partial charge is 0.118 e. The summed E-state index contributed by atoms with van der Waals surface area (Å²) in [6, 6.07) is 1.83. The van der Waals surface area contributed by atoms with Crippen molar-refractivity contribution >= 4 is 0 Å². The average molecular weight is 194 g/mol. The lowest BCUT2D eigenvalue weighted by atomic mass is 9.97. The first-order chi connectivity index (χ1) is 6.75. The fraction of sp³-hybridized carbons (Fsp3) is 1.00. The fourth-order valence-electron chi connectivity index (χ4n) is 4.36. The maximum atomic E-state index is 6.03. The molecule has 0 N–H and O–H groups in total. The van der Waals surface area contributed by atoms with Crippen molar-refractivity contribution in [2.24, 2.45) is 5.92 Å². The summed E-state index contributed by atoms with van der Waals surface area (Å²) in [5, 5.41) is 0. The van der Waals surface area contributed by atoms with Crippen molar-refractivity contribution in [3.05, 3.63) is 0 Å². The lowest BCUT2D eigenvalue weighted by Gasteiger charge is -2.44. The van der Waals surface area contributed by atoms with E-state index >= 15 is 0 Å². The number of rotatable bonds is 2. The maximum Gasteiger partial charge on any atom is 0.118 e. The number of hydrogen-bond donors (Lipinski definition) is 0. The van der Waals surface area contributed by atoms with Crippen LogP contribution < -0.4 is 0 Å². The SMILES string of the molecule is C[N+]1(CC2CC2)[C@@H]2C[C@@H]3C[C@H]1[C@H](C2)O3. The Kier molecular flexibility index (Phi) is 1.37. The van der Waals surface area contributed by atoms with Crippen LogP contribution in [0.4, 0.5) is 0 Å². The highest BCUT2D eigenvalue weighted by atomic mass is 16.5. The Morgan fingerprint density at radius 3 is 2.79 bits per heavy atom. The molecule has 2 nitrogen and oxygen atoms in total. The molecule has 0 spiro atoms. The standard InChI is InChI=1S/C12H20NO/c1-13(7-8-2-3-8)9-4-10-6-11(13)12(5-9)14-10/h8-12H,2-7H2,1H3/q+1/t9-,10-,11+,12+,13?/m1/s1. The van der Waals surface area contributed by atoms with Gasteiger partial charge in [-0.2, -0.15) is 0 Å². The van der Waals surface area contributed by atoms with Gasteiger partial charge in [-0.1, -0.05) is 0 Å². The van der Waals surface area contributed by atoms with Gasteiger partial charge in [0.1, 0.15) is 12.1 Å². The number of ether oxygens (including phenoxy) is 1. The van der Waals surface area contributed by atoms with Crippen LogP contribution in [0.1, 0.15) is 32.1 Å². The summed E-state index contributed by atoms with van der Waals surface area (Å²) in [5.74, 6) is 1.07. The number of nitrogens with zero attached hydrogens (tertiary/aromatic N) is 1. The first kappa shape index (κ1) is 8.12. The van der Waals surface area contributed by atoms with Gasteiger partial charge in [-0.3, -0.25) is 0 Å². The molecule has 2 heteroatoms. The van der Waals surface area contributed by atoms with Gasteiger partial charge in [0.2, 0.25) is 0 Å². The van der Waals surface area contributed by atoms with Crippen LogP contribution in [-0.4, -0.2) is 42.4 Å². The molecule has 78 valence electrons. The van der Waals surface area contributed by atoms with Crippen LogP contribution >= 0.6 is 0 Å². The fourth-order valence-corrected chi connectivity index (χ4v) is 4.36. The van der Waals surface area contributed by atoms with E-state index in [0.717, 1.165) is 18.0 Å². The van der Waals surface area contributed by atoms with E-state index in [2.05, 4.69) is 7.05 Å². The highest BCUT2D eigenvalue weighted by Gasteiger charge is 2.63. The van der Waals surface area contributed by atoms with Crippen LogP contribution in [0, 0.1) is 5.92 Å². The predicted octanol–water partition coefficient (Wildman–Crippen LogP) is 1.55. The minimum Gasteiger partial charge on any atom is -0.368 e. The first-order valence-corrected chi connectivity index (χ1v) is 6.26. The van der Waals surface area contributed by atoms with Crippen molar-refractivity contribution in [3.8, 4) is 0 Å². The van der Waals surface area contributed by atoms with Crippen molar-refractivity contribution in [2.45, 2.75) is 56.4 Å². The molecular formula is C12H20NO+. The second kappa shape index (κ2) is 2.35. The van der Waals surface area contributed by atoms with Gasteiger partial charge in [-0.25, -0.2) is 0 Å². The van der Waals surface area contributed by atoms with Gasteiger partial charge >= 0.3 is 0 Å².